The van der Waals surface area contributed by atoms with Crippen LogP contribution in [0.4, 0.5) is 13.2 Å². The molecule has 2 aromatic carbocycles. The molecule has 176 valence electrons. The van der Waals surface area contributed by atoms with Gasteiger partial charge in [0.2, 0.25) is 0 Å². The molecule has 2 N–H and O–H groups in total. The molecule has 1 aromatic heterocycles. The lowest BCUT2D eigenvalue weighted by molar-refractivity contribution is -0.141. The minimum absolute atomic E-state index is 0.0250. The van der Waals surface area contributed by atoms with Crippen molar-refractivity contribution >= 4 is 16.9 Å². The summed E-state index contributed by atoms with van der Waals surface area (Å²) in [5.74, 6) is -4.36. The van der Waals surface area contributed by atoms with E-state index < -0.39 is 57.8 Å². The van der Waals surface area contributed by atoms with Crippen LogP contribution in [-0.4, -0.2) is 55.8 Å². The number of hydrogen-bond donors (Lipinski definition) is 3. The summed E-state index contributed by atoms with van der Waals surface area (Å²) in [5, 5.41) is 25.9. The third-order valence-electron chi connectivity index (χ3n) is 5.69. The molecule has 0 amide bonds. The van der Waals surface area contributed by atoms with Gasteiger partial charge in [0.1, 0.15) is 12.6 Å². The van der Waals surface area contributed by atoms with Gasteiger partial charge in [-0.2, -0.15) is 5.10 Å². The molecule has 0 radical (unpaired) electrons. The summed E-state index contributed by atoms with van der Waals surface area (Å²) in [6.45, 7) is 1.26. The average molecular weight is 481 g/mol. The molecule has 0 saturated carbocycles. The highest BCUT2D eigenvalue weighted by Crippen LogP contribution is 2.50. The van der Waals surface area contributed by atoms with Crippen LogP contribution in [-0.2, 0) is 9.53 Å². The zero-order valence-electron chi connectivity index (χ0n) is 17.6. The van der Waals surface area contributed by atoms with Crippen molar-refractivity contribution in [2.45, 2.75) is 35.3 Å². The summed E-state index contributed by atoms with van der Waals surface area (Å²) in [6.07, 6.45) is 0.659. The van der Waals surface area contributed by atoms with E-state index in [1.165, 1.54) is 24.0 Å². The van der Waals surface area contributed by atoms with Crippen molar-refractivity contribution < 1.29 is 32.9 Å². The Morgan fingerprint density at radius 3 is 2.45 bits per heavy atom. The van der Waals surface area contributed by atoms with Gasteiger partial charge < -0.3 is 14.9 Å². The Labute approximate surface area is 191 Å². The monoisotopic (exact) mass is 480 g/mol. The van der Waals surface area contributed by atoms with Gasteiger partial charge in [0.25, 0.3) is 0 Å². The molecule has 0 spiro atoms. The van der Waals surface area contributed by atoms with Gasteiger partial charge in [0.15, 0.2) is 17.5 Å². The lowest BCUT2D eigenvalue weighted by atomic mass is 10.0. The number of benzene rings is 2. The molecule has 33 heavy (non-hydrogen) atoms. The first-order valence-electron chi connectivity index (χ1n) is 10.3. The normalized spacial score (nSPS) is 26.2. The number of aromatic nitrogens is 2. The molecule has 0 aliphatic carbocycles. The number of esters is 1. The minimum Gasteiger partial charge on any atom is -0.465 e. The standard InChI is InChI=1S/C23H23F3N2O4S/c1-13(29)32-11-20-23(31)22(19(30)12-33(20)16-5-3-2-4-6-16)28-10-15(9-27-28)14-7-17(24)21(26)18(25)8-14/h2-10,19-20,22-23,30-31,33H,11-12H2,1H3/t19-,20+,22-,23-/m0/s1. The highest BCUT2D eigenvalue weighted by molar-refractivity contribution is 8.17. The molecule has 1 aliphatic rings. The maximum absolute atomic E-state index is 13.7. The van der Waals surface area contributed by atoms with E-state index in [1.54, 1.807) is 0 Å². The molecule has 2 heterocycles. The van der Waals surface area contributed by atoms with Crippen molar-refractivity contribution in [2.24, 2.45) is 0 Å². The Bertz CT molecular complexity index is 1120. The maximum atomic E-state index is 13.7. The highest BCUT2D eigenvalue weighted by Gasteiger charge is 2.44. The first kappa shape index (κ1) is 23.3. The molecular weight excluding hydrogens is 457 g/mol. The molecule has 1 aliphatic heterocycles. The number of carbonyl (C=O) groups is 1. The smallest absolute Gasteiger partial charge is 0.302 e. The Morgan fingerprint density at radius 2 is 1.82 bits per heavy atom. The average Bonchev–Trinajstić information content (AvgIpc) is 3.26. The predicted molar refractivity (Wildman–Crippen MR) is 118 cm³/mol. The topological polar surface area (TPSA) is 84.6 Å². The summed E-state index contributed by atoms with van der Waals surface area (Å²) in [5.41, 5.74) is 0.361. The Morgan fingerprint density at radius 1 is 1.15 bits per heavy atom. The first-order valence-corrected chi connectivity index (χ1v) is 11.9. The molecule has 1 saturated heterocycles. The molecular formula is C23H23F3N2O4S. The van der Waals surface area contributed by atoms with Gasteiger partial charge in [-0.3, -0.25) is 9.48 Å². The Kier molecular flexibility index (Phi) is 6.78. The van der Waals surface area contributed by atoms with Crippen molar-refractivity contribution in [3.8, 4) is 11.1 Å². The number of hydrogen-bond acceptors (Lipinski definition) is 5. The van der Waals surface area contributed by atoms with Gasteiger partial charge in [-0.15, -0.1) is 0 Å². The zero-order chi connectivity index (χ0) is 23.7. The lowest BCUT2D eigenvalue weighted by Gasteiger charge is -2.45. The second kappa shape index (κ2) is 9.58. The van der Waals surface area contributed by atoms with Crippen LogP contribution in [0.15, 0.2) is 59.8 Å². The van der Waals surface area contributed by atoms with Crippen LogP contribution in [0.3, 0.4) is 0 Å². The maximum Gasteiger partial charge on any atom is 0.302 e. The third-order valence-corrected chi connectivity index (χ3v) is 8.68. The summed E-state index contributed by atoms with van der Waals surface area (Å²) < 4.78 is 47.2. The predicted octanol–water partition coefficient (Wildman–Crippen LogP) is 3.24. The number of rotatable bonds is 5. The summed E-state index contributed by atoms with van der Waals surface area (Å²) >= 11 is 0. The fourth-order valence-corrected chi connectivity index (χ4v) is 6.94. The van der Waals surface area contributed by atoms with E-state index in [0.717, 1.165) is 17.0 Å². The fourth-order valence-electron chi connectivity index (χ4n) is 4.10. The number of carbonyl (C=O) groups excluding carboxylic acids is 1. The van der Waals surface area contributed by atoms with Gasteiger partial charge in [0.05, 0.1) is 23.7 Å². The largest absolute Gasteiger partial charge is 0.465 e. The molecule has 1 unspecified atom stereocenters. The molecule has 1 fully saturated rings. The summed E-state index contributed by atoms with van der Waals surface area (Å²) in [7, 11) is -1.07. The van der Waals surface area contributed by atoms with E-state index in [2.05, 4.69) is 5.10 Å². The molecule has 6 nitrogen and oxygen atoms in total. The summed E-state index contributed by atoms with van der Waals surface area (Å²) in [6, 6.07) is 10.3. The van der Waals surface area contributed by atoms with E-state index in [9.17, 15) is 28.2 Å². The fraction of sp³-hybridized carbons (Fsp3) is 0.304. The molecule has 4 rings (SSSR count). The summed E-state index contributed by atoms with van der Waals surface area (Å²) in [4.78, 5) is 12.4. The minimum atomic E-state index is -1.56. The van der Waals surface area contributed by atoms with Crippen molar-refractivity contribution in [2.75, 3.05) is 12.4 Å². The van der Waals surface area contributed by atoms with Crippen LogP contribution >= 0.6 is 10.9 Å². The van der Waals surface area contributed by atoms with Gasteiger partial charge in [-0.1, -0.05) is 30.3 Å². The van der Waals surface area contributed by atoms with E-state index >= 15 is 0 Å². The number of halogens is 3. The van der Waals surface area contributed by atoms with E-state index in [-0.39, 0.29) is 12.2 Å². The molecule has 5 atom stereocenters. The zero-order valence-corrected chi connectivity index (χ0v) is 18.5. The SMILES string of the molecule is CC(=O)OC[C@@H]1[C@H](O)[C@@H](n2cc(-c3cc(F)c(F)c(F)c3)cn2)[C@@H](O)C[SH]1c1ccccc1. The van der Waals surface area contributed by atoms with Crippen molar-refractivity contribution in [1.29, 1.82) is 0 Å². The Hall–Kier alpha value is -2.82. The van der Waals surface area contributed by atoms with Crippen LogP contribution in [0, 0.1) is 17.5 Å². The van der Waals surface area contributed by atoms with Gasteiger partial charge in [0, 0.05) is 24.4 Å². The van der Waals surface area contributed by atoms with Crippen molar-refractivity contribution in [3.05, 3.63) is 72.3 Å². The first-order chi connectivity index (χ1) is 15.8. The molecule has 10 heteroatoms. The highest BCUT2D eigenvalue weighted by atomic mass is 32.2. The molecule has 0 bridgehead atoms. The van der Waals surface area contributed by atoms with Crippen LogP contribution in [0.5, 0.6) is 0 Å². The van der Waals surface area contributed by atoms with Crippen molar-refractivity contribution in [1.82, 2.24) is 9.78 Å². The lowest BCUT2D eigenvalue weighted by Crippen LogP contribution is -2.50. The molecule has 3 aromatic rings. The van der Waals surface area contributed by atoms with Crippen LogP contribution in [0.2, 0.25) is 0 Å². The van der Waals surface area contributed by atoms with E-state index in [4.69, 9.17) is 4.74 Å². The Balaban J connectivity index is 1.65. The second-order valence-corrected chi connectivity index (χ2v) is 10.4. The van der Waals surface area contributed by atoms with E-state index in [1.807, 2.05) is 30.3 Å². The second-order valence-electron chi connectivity index (χ2n) is 7.87. The van der Waals surface area contributed by atoms with Gasteiger partial charge in [-0.05, 0) is 22.6 Å². The van der Waals surface area contributed by atoms with Crippen LogP contribution in [0.1, 0.15) is 13.0 Å². The number of ether oxygens (including phenoxy) is 1. The van der Waals surface area contributed by atoms with E-state index in [0.29, 0.717) is 11.3 Å². The van der Waals surface area contributed by atoms with Crippen LogP contribution < -0.4 is 0 Å². The number of thiol groups is 1. The van der Waals surface area contributed by atoms with Gasteiger partial charge in [-0.25, -0.2) is 24.1 Å². The van der Waals surface area contributed by atoms with Crippen LogP contribution in [0.25, 0.3) is 11.1 Å². The van der Waals surface area contributed by atoms with Gasteiger partial charge >= 0.3 is 5.97 Å². The quantitative estimate of drug-likeness (QED) is 0.297. The number of aliphatic hydroxyl groups excluding tert-OH is 2. The third kappa shape index (κ3) is 4.78. The number of aliphatic hydroxyl groups is 2. The number of nitrogens with zero attached hydrogens (tertiary/aromatic N) is 2. The van der Waals surface area contributed by atoms with Crippen molar-refractivity contribution in [3.63, 3.8) is 0 Å².